The number of rotatable bonds is 6. The van der Waals surface area contributed by atoms with E-state index in [-0.39, 0.29) is 17.5 Å². The topological polar surface area (TPSA) is 61.9 Å². The first-order valence-electron chi connectivity index (χ1n) is 8.80. The number of carbonyl (C=O) groups excluding carboxylic acids is 2. The molecule has 1 aromatic carbocycles. The van der Waals surface area contributed by atoms with E-state index in [0.29, 0.717) is 17.1 Å². The van der Waals surface area contributed by atoms with Crippen LogP contribution in [0.5, 0.6) is 0 Å². The number of benzene rings is 1. The number of thiophene rings is 1. The lowest BCUT2D eigenvalue weighted by atomic mass is 10.2. The van der Waals surface area contributed by atoms with Crippen LogP contribution in [0, 0.1) is 5.82 Å². The minimum Gasteiger partial charge on any atom is -0.465 e. The molecule has 0 aliphatic carbocycles. The molecule has 0 saturated carbocycles. The first-order valence-corrected chi connectivity index (χ1v) is 10.1. The van der Waals surface area contributed by atoms with Gasteiger partial charge in [0.05, 0.1) is 24.2 Å². The van der Waals surface area contributed by atoms with Gasteiger partial charge in [0.2, 0.25) is 5.91 Å². The highest BCUT2D eigenvalue weighted by Crippen LogP contribution is 2.24. The molecule has 1 saturated heterocycles. The lowest BCUT2D eigenvalue weighted by Gasteiger charge is -2.34. The van der Waals surface area contributed by atoms with Gasteiger partial charge in [-0.05, 0) is 29.1 Å². The average Bonchev–Trinajstić information content (AvgIpc) is 3.13. The fraction of sp³-hybridized carbons (Fsp3) is 0.368. The highest BCUT2D eigenvalue weighted by Gasteiger charge is 2.21. The number of halogens is 2. The SMILES string of the molecule is COC(=O)c1ccsc1NC(=O)CN1CCN(Cc2ccc(F)c(Cl)c2)CC1. The Labute approximate surface area is 171 Å². The Hall–Kier alpha value is -2.00. The average molecular weight is 426 g/mol. The molecule has 1 aromatic heterocycles. The standard InChI is InChI=1S/C19H21ClFN3O3S/c1-27-19(26)14-4-9-28-18(14)22-17(25)12-24-7-5-23(6-8-24)11-13-2-3-16(21)15(20)10-13/h2-4,9-10H,5-8,11-12H2,1H3,(H,22,25). The van der Waals surface area contributed by atoms with Crippen LogP contribution in [0.25, 0.3) is 0 Å². The van der Waals surface area contributed by atoms with Crippen molar-refractivity contribution in [2.45, 2.75) is 6.54 Å². The zero-order chi connectivity index (χ0) is 20.1. The Morgan fingerprint density at radius 2 is 1.93 bits per heavy atom. The van der Waals surface area contributed by atoms with Crippen molar-refractivity contribution in [2.24, 2.45) is 0 Å². The third kappa shape index (κ3) is 5.29. The number of piperazine rings is 1. The quantitative estimate of drug-likeness (QED) is 0.721. The van der Waals surface area contributed by atoms with Crippen LogP contribution in [0.3, 0.4) is 0 Å². The van der Waals surface area contributed by atoms with E-state index in [1.807, 2.05) is 0 Å². The lowest BCUT2D eigenvalue weighted by Crippen LogP contribution is -2.48. The van der Waals surface area contributed by atoms with Gasteiger partial charge in [-0.25, -0.2) is 9.18 Å². The molecular weight excluding hydrogens is 405 g/mol. The number of anilines is 1. The van der Waals surface area contributed by atoms with Crippen molar-refractivity contribution >= 4 is 39.8 Å². The van der Waals surface area contributed by atoms with Gasteiger partial charge in [-0.3, -0.25) is 14.6 Å². The van der Waals surface area contributed by atoms with Gasteiger partial charge in [0.15, 0.2) is 0 Å². The molecule has 28 heavy (non-hydrogen) atoms. The van der Waals surface area contributed by atoms with Gasteiger partial charge in [0.1, 0.15) is 10.8 Å². The van der Waals surface area contributed by atoms with E-state index in [2.05, 4.69) is 15.1 Å². The third-order valence-electron chi connectivity index (χ3n) is 4.55. The second kappa shape index (κ2) is 9.47. The summed E-state index contributed by atoms with van der Waals surface area (Å²) in [4.78, 5) is 28.3. The summed E-state index contributed by atoms with van der Waals surface area (Å²) in [5, 5.41) is 5.16. The first-order chi connectivity index (χ1) is 13.5. The molecule has 2 heterocycles. The summed E-state index contributed by atoms with van der Waals surface area (Å²) >= 11 is 7.13. The number of ether oxygens (including phenoxy) is 1. The molecule has 9 heteroatoms. The number of amides is 1. The van der Waals surface area contributed by atoms with Gasteiger partial charge in [0.25, 0.3) is 0 Å². The smallest absolute Gasteiger partial charge is 0.340 e. The summed E-state index contributed by atoms with van der Waals surface area (Å²) in [6.07, 6.45) is 0. The van der Waals surface area contributed by atoms with Crippen LogP contribution in [0.2, 0.25) is 5.02 Å². The van der Waals surface area contributed by atoms with Crippen LogP contribution < -0.4 is 5.32 Å². The Morgan fingerprint density at radius 3 is 2.61 bits per heavy atom. The molecular formula is C19H21ClFN3O3S. The van der Waals surface area contributed by atoms with E-state index in [4.69, 9.17) is 16.3 Å². The number of nitrogens with zero attached hydrogens (tertiary/aromatic N) is 2. The monoisotopic (exact) mass is 425 g/mol. The van der Waals surface area contributed by atoms with E-state index in [1.54, 1.807) is 23.6 Å². The zero-order valence-corrected chi connectivity index (χ0v) is 17.0. The maximum absolute atomic E-state index is 13.3. The van der Waals surface area contributed by atoms with Crippen LogP contribution in [0.15, 0.2) is 29.6 Å². The number of esters is 1. The Morgan fingerprint density at radius 1 is 1.21 bits per heavy atom. The second-order valence-corrected chi connectivity index (χ2v) is 7.83. The highest BCUT2D eigenvalue weighted by atomic mass is 35.5. The van der Waals surface area contributed by atoms with Gasteiger partial charge < -0.3 is 10.1 Å². The van der Waals surface area contributed by atoms with Crippen molar-refractivity contribution in [1.29, 1.82) is 0 Å². The number of nitrogens with one attached hydrogen (secondary N) is 1. The Kier molecular flexibility index (Phi) is 7.01. The molecule has 1 aliphatic heterocycles. The predicted octanol–water partition coefficient (Wildman–Crippen LogP) is 3.08. The second-order valence-electron chi connectivity index (χ2n) is 6.50. The lowest BCUT2D eigenvalue weighted by molar-refractivity contribution is -0.117. The van der Waals surface area contributed by atoms with Crippen molar-refractivity contribution in [1.82, 2.24) is 9.80 Å². The largest absolute Gasteiger partial charge is 0.465 e. The van der Waals surface area contributed by atoms with Crippen LogP contribution >= 0.6 is 22.9 Å². The van der Waals surface area contributed by atoms with Crippen molar-refractivity contribution in [2.75, 3.05) is 45.2 Å². The summed E-state index contributed by atoms with van der Waals surface area (Å²) in [5.74, 6) is -1.04. The van der Waals surface area contributed by atoms with Gasteiger partial charge in [-0.2, -0.15) is 0 Å². The maximum Gasteiger partial charge on any atom is 0.340 e. The third-order valence-corrected chi connectivity index (χ3v) is 5.67. The summed E-state index contributed by atoms with van der Waals surface area (Å²) in [6.45, 7) is 4.04. The summed E-state index contributed by atoms with van der Waals surface area (Å²) in [5.41, 5.74) is 1.33. The molecule has 1 fully saturated rings. The van der Waals surface area contributed by atoms with Crippen molar-refractivity contribution in [3.05, 3.63) is 51.6 Å². The maximum atomic E-state index is 13.3. The first kappa shape index (κ1) is 20.7. The van der Waals surface area contributed by atoms with E-state index < -0.39 is 11.8 Å². The molecule has 6 nitrogen and oxygen atoms in total. The molecule has 150 valence electrons. The van der Waals surface area contributed by atoms with Gasteiger partial charge in [-0.1, -0.05) is 17.7 Å². The molecule has 0 spiro atoms. The van der Waals surface area contributed by atoms with Gasteiger partial charge in [-0.15, -0.1) is 11.3 Å². The molecule has 3 rings (SSSR count). The molecule has 0 bridgehead atoms. The molecule has 2 aromatic rings. The Bertz CT molecular complexity index is 853. The van der Waals surface area contributed by atoms with Crippen molar-refractivity contribution in [3.8, 4) is 0 Å². The van der Waals surface area contributed by atoms with Gasteiger partial charge >= 0.3 is 5.97 Å². The van der Waals surface area contributed by atoms with Crippen LogP contribution in [-0.2, 0) is 16.1 Å². The van der Waals surface area contributed by atoms with Crippen LogP contribution in [-0.4, -0.2) is 61.5 Å². The van der Waals surface area contributed by atoms with E-state index >= 15 is 0 Å². The molecule has 0 atom stereocenters. The Balaban J connectivity index is 1.46. The predicted molar refractivity (Wildman–Crippen MR) is 107 cm³/mol. The zero-order valence-electron chi connectivity index (χ0n) is 15.4. The van der Waals surface area contributed by atoms with Crippen LogP contribution in [0.1, 0.15) is 15.9 Å². The summed E-state index contributed by atoms with van der Waals surface area (Å²) in [6, 6.07) is 6.40. The number of methoxy groups -OCH3 is 1. The van der Waals surface area contributed by atoms with E-state index in [1.165, 1.54) is 24.5 Å². The molecule has 0 unspecified atom stereocenters. The minimum atomic E-state index is -0.467. The molecule has 1 amide bonds. The number of hydrogen-bond acceptors (Lipinski definition) is 6. The van der Waals surface area contributed by atoms with Gasteiger partial charge in [0, 0.05) is 32.7 Å². The van der Waals surface area contributed by atoms with E-state index in [9.17, 15) is 14.0 Å². The fourth-order valence-electron chi connectivity index (χ4n) is 3.05. The van der Waals surface area contributed by atoms with Crippen molar-refractivity contribution in [3.63, 3.8) is 0 Å². The van der Waals surface area contributed by atoms with Crippen molar-refractivity contribution < 1.29 is 18.7 Å². The minimum absolute atomic E-state index is 0.132. The summed E-state index contributed by atoms with van der Waals surface area (Å²) in [7, 11) is 1.31. The highest BCUT2D eigenvalue weighted by molar-refractivity contribution is 7.14. The molecule has 1 aliphatic rings. The number of hydrogen-bond donors (Lipinski definition) is 1. The summed E-state index contributed by atoms with van der Waals surface area (Å²) < 4.78 is 18.0. The number of carbonyl (C=O) groups is 2. The van der Waals surface area contributed by atoms with E-state index in [0.717, 1.165) is 31.7 Å². The fourth-order valence-corrected chi connectivity index (χ4v) is 4.04. The van der Waals surface area contributed by atoms with Crippen LogP contribution in [0.4, 0.5) is 9.39 Å². The molecule has 0 radical (unpaired) electrons. The normalized spacial score (nSPS) is 15.4. The molecule has 1 N–H and O–H groups in total.